The smallest absolute Gasteiger partial charge is 0.358 e. The molecule has 0 saturated carbocycles. The van der Waals surface area contributed by atoms with Crippen LogP contribution in [0.1, 0.15) is 49.5 Å². The summed E-state index contributed by atoms with van der Waals surface area (Å²) in [6.45, 7) is 8.88. The summed E-state index contributed by atoms with van der Waals surface area (Å²) in [6, 6.07) is 0. The topological polar surface area (TPSA) is 110 Å². The predicted octanol–water partition coefficient (Wildman–Crippen LogP) is 2.90. The molecule has 27 heavy (non-hydrogen) atoms. The number of methoxy groups -OCH3 is 1. The first-order valence-corrected chi connectivity index (χ1v) is 9.01. The number of nitrogens with one attached hydrogen (secondary N) is 2. The zero-order chi connectivity index (χ0) is 20.1. The molecule has 0 aliphatic rings. The van der Waals surface area contributed by atoms with Crippen LogP contribution in [0.25, 0.3) is 0 Å². The highest BCUT2D eigenvalue weighted by Crippen LogP contribution is 2.21. The lowest BCUT2D eigenvalue weighted by atomic mass is 10.1. The standard InChI is InChI=1S/C18H21N3O5S/c1-6-7-19-18-21-12(8-27-18)16(23)26-11(4)15(22)14-9(2)13(10(3)20-14)17(24)25-5/h6,8,11,20H,1,7H2,2-5H3,(H,19,21)/t11-/m0/s1. The van der Waals surface area contributed by atoms with Gasteiger partial charge in [-0.1, -0.05) is 6.08 Å². The number of carbonyl (C=O) groups excluding carboxylic acids is 3. The molecule has 0 unspecified atom stereocenters. The second-order valence-electron chi connectivity index (χ2n) is 5.74. The summed E-state index contributed by atoms with van der Waals surface area (Å²) in [6.07, 6.45) is 0.620. The van der Waals surface area contributed by atoms with Crippen molar-refractivity contribution in [1.82, 2.24) is 9.97 Å². The summed E-state index contributed by atoms with van der Waals surface area (Å²) >= 11 is 1.25. The predicted molar refractivity (Wildman–Crippen MR) is 102 cm³/mol. The van der Waals surface area contributed by atoms with Crippen molar-refractivity contribution in [3.8, 4) is 0 Å². The quantitative estimate of drug-likeness (QED) is 0.404. The number of ketones is 1. The van der Waals surface area contributed by atoms with Crippen molar-refractivity contribution in [3.63, 3.8) is 0 Å². The number of carbonyl (C=O) groups is 3. The lowest BCUT2D eigenvalue weighted by Crippen LogP contribution is -2.25. The highest BCUT2D eigenvalue weighted by atomic mass is 32.1. The van der Waals surface area contributed by atoms with E-state index < -0.39 is 23.8 Å². The third-order valence-electron chi connectivity index (χ3n) is 3.84. The minimum atomic E-state index is -1.05. The van der Waals surface area contributed by atoms with E-state index in [2.05, 4.69) is 21.9 Å². The van der Waals surface area contributed by atoms with E-state index in [1.54, 1.807) is 25.3 Å². The van der Waals surface area contributed by atoms with Crippen molar-refractivity contribution < 1.29 is 23.9 Å². The number of H-pyrrole nitrogens is 1. The Balaban J connectivity index is 2.11. The summed E-state index contributed by atoms with van der Waals surface area (Å²) in [5.74, 6) is -1.68. The molecule has 0 saturated heterocycles. The minimum absolute atomic E-state index is 0.112. The van der Waals surface area contributed by atoms with E-state index in [1.165, 1.54) is 25.4 Å². The number of aromatic nitrogens is 2. The van der Waals surface area contributed by atoms with Gasteiger partial charge >= 0.3 is 11.9 Å². The maximum absolute atomic E-state index is 12.7. The first-order valence-electron chi connectivity index (χ1n) is 8.13. The fourth-order valence-electron chi connectivity index (χ4n) is 2.49. The Morgan fingerprint density at radius 2 is 2.07 bits per heavy atom. The van der Waals surface area contributed by atoms with Crippen LogP contribution in [0, 0.1) is 13.8 Å². The summed E-state index contributed by atoms with van der Waals surface area (Å²) in [5.41, 5.74) is 1.59. The number of anilines is 1. The van der Waals surface area contributed by atoms with Crippen LogP contribution in [-0.4, -0.2) is 47.4 Å². The second kappa shape index (κ2) is 8.63. The fourth-order valence-corrected chi connectivity index (χ4v) is 3.18. The lowest BCUT2D eigenvalue weighted by molar-refractivity contribution is 0.0312. The number of esters is 2. The molecule has 2 aromatic heterocycles. The minimum Gasteiger partial charge on any atom is -0.465 e. The highest BCUT2D eigenvalue weighted by molar-refractivity contribution is 7.13. The number of rotatable bonds is 8. The monoisotopic (exact) mass is 391 g/mol. The number of aromatic amines is 1. The molecule has 2 heterocycles. The van der Waals surface area contributed by atoms with Gasteiger partial charge in [-0.25, -0.2) is 14.6 Å². The Labute approximate surface area is 160 Å². The Kier molecular flexibility index (Phi) is 6.51. The maximum Gasteiger partial charge on any atom is 0.358 e. The Hall–Kier alpha value is -2.94. The number of aryl methyl sites for hydroxylation is 1. The SMILES string of the molecule is C=CCNc1nc(C(=O)O[C@@H](C)C(=O)c2[nH]c(C)c(C(=O)OC)c2C)cs1. The number of Topliss-reactive ketones (excluding diaryl/α,β-unsaturated/α-hetero) is 1. The molecule has 0 bridgehead atoms. The van der Waals surface area contributed by atoms with Crippen LogP contribution >= 0.6 is 11.3 Å². The molecule has 0 aromatic carbocycles. The third kappa shape index (κ3) is 4.43. The first kappa shape index (κ1) is 20.4. The number of hydrogen-bond donors (Lipinski definition) is 2. The molecular weight excluding hydrogens is 370 g/mol. The van der Waals surface area contributed by atoms with Crippen LogP contribution in [0.3, 0.4) is 0 Å². The van der Waals surface area contributed by atoms with Gasteiger partial charge in [-0.2, -0.15) is 0 Å². The van der Waals surface area contributed by atoms with Gasteiger partial charge in [0.1, 0.15) is 0 Å². The fraction of sp³-hybridized carbons (Fsp3) is 0.333. The van der Waals surface area contributed by atoms with E-state index in [-0.39, 0.29) is 11.4 Å². The molecular formula is C18H21N3O5S. The van der Waals surface area contributed by atoms with E-state index >= 15 is 0 Å². The summed E-state index contributed by atoms with van der Waals surface area (Å²) < 4.78 is 9.96. The number of thiazole rings is 1. The van der Waals surface area contributed by atoms with Crippen molar-refractivity contribution in [2.24, 2.45) is 0 Å². The molecule has 2 rings (SSSR count). The molecule has 0 aliphatic heterocycles. The van der Waals surface area contributed by atoms with Gasteiger partial charge in [0, 0.05) is 17.6 Å². The van der Waals surface area contributed by atoms with Crippen LogP contribution in [0.4, 0.5) is 5.13 Å². The van der Waals surface area contributed by atoms with Crippen molar-refractivity contribution in [2.45, 2.75) is 26.9 Å². The van der Waals surface area contributed by atoms with E-state index in [9.17, 15) is 14.4 Å². The van der Waals surface area contributed by atoms with E-state index in [0.717, 1.165) is 0 Å². The van der Waals surface area contributed by atoms with Crippen molar-refractivity contribution in [3.05, 3.63) is 46.2 Å². The zero-order valence-corrected chi connectivity index (χ0v) is 16.4. The molecule has 9 heteroatoms. The van der Waals surface area contributed by atoms with Crippen LogP contribution in [0.15, 0.2) is 18.0 Å². The summed E-state index contributed by atoms with van der Waals surface area (Å²) in [4.78, 5) is 43.7. The van der Waals surface area contributed by atoms with Gasteiger partial charge in [-0.3, -0.25) is 4.79 Å². The summed E-state index contributed by atoms with van der Waals surface area (Å²) in [5, 5.41) is 5.07. The Morgan fingerprint density at radius 3 is 2.70 bits per heavy atom. The van der Waals surface area contributed by atoms with E-state index in [4.69, 9.17) is 9.47 Å². The van der Waals surface area contributed by atoms with Gasteiger partial charge in [0.25, 0.3) is 0 Å². The molecule has 144 valence electrons. The van der Waals surface area contributed by atoms with Crippen molar-refractivity contribution in [1.29, 1.82) is 0 Å². The van der Waals surface area contributed by atoms with Gasteiger partial charge in [-0.15, -0.1) is 17.9 Å². The second-order valence-corrected chi connectivity index (χ2v) is 6.59. The maximum atomic E-state index is 12.7. The largest absolute Gasteiger partial charge is 0.465 e. The lowest BCUT2D eigenvalue weighted by Gasteiger charge is -2.11. The van der Waals surface area contributed by atoms with Gasteiger partial charge in [0.05, 0.1) is 18.4 Å². The van der Waals surface area contributed by atoms with Crippen LogP contribution < -0.4 is 5.32 Å². The molecule has 0 amide bonds. The van der Waals surface area contributed by atoms with Gasteiger partial charge in [-0.05, 0) is 26.3 Å². The average Bonchev–Trinajstić information content (AvgIpc) is 3.23. The molecule has 2 N–H and O–H groups in total. The van der Waals surface area contributed by atoms with Crippen molar-refractivity contribution >= 4 is 34.2 Å². The van der Waals surface area contributed by atoms with Crippen LogP contribution in [-0.2, 0) is 9.47 Å². The normalized spacial score (nSPS) is 11.6. The highest BCUT2D eigenvalue weighted by Gasteiger charge is 2.28. The Bertz CT molecular complexity index is 884. The number of hydrogen-bond acceptors (Lipinski definition) is 8. The molecule has 0 spiro atoms. The zero-order valence-electron chi connectivity index (χ0n) is 15.5. The van der Waals surface area contributed by atoms with Crippen LogP contribution in [0.5, 0.6) is 0 Å². The molecule has 8 nitrogen and oxygen atoms in total. The molecule has 0 aliphatic carbocycles. The molecule has 1 atom stereocenters. The third-order valence-corrected chi connectivity index (χ3v) is 4.64. The van der Waals surface area contributed by atoms with E-state index in [1.807, 2.05) is 0 Å². The van der Waals surface area contributed by atoms with Gasteiger partial charge in [0.2, 0.25) is 5.78 Å². The number of ether oxygens (including phenoxy) is 2. The molecule has 0 fully saturated rings. The van der Waals surface area contributed by atoms with E-state index in [0.29, 0.717) is 28.5 Å². The first-order chi connectivity index (χ1) is 12.8. The molecule has 2 aromatic rings. The Morgan fingerprint density at radius 1 is 1.37 bits per heavy atom. The van der Waals surface area contributed by atoms with Gasteiger partial charge in [0.15, 0.2) is 16.9 Å². The number of nitrogens with zero attached hydrogens (tertiary/aromatic N) is 1. The van der Waals surface area contributed by atoms with Crippen LogP contribution in [0.2, 0.25) is 0 Å². The summed E-state index contributed by atoms with van der Waals surface area (Å²) in [7, 11) is 1.27. The average molecular weight is 391 g/mol. The molecule has 0 radical (unpaired) electrons. The van der Waals surface area contributed by atoms with Gasteiger partial charge < -0.3 is 19.8 Å². The van der Waals surface area contributed by atoms with Crippen molar-refractivity contribution in [2.75, 3.05) is 19.0 Å².